The summed E-state index contributed by atoms with van der Waals surface area (Å²) in [5, 5.41) is 20.1. The summed E-state index contributed by atoms with van der Waals surface area (Å²) in [4.78, 5) is 30.0. The number of nitrogens with one attached hydrogen (secondary N) is 2. The molecule has 2 heterocycles. The maximum Gasteiger partial charge on any atom is 0.340 e. The Morgan fingerprint density at radius 2 is 2.16 bits per heavy atom. The van der Waals surface area contributed by atoms with Gasteiger partial charge in [0.1, 0.15) is 17.5 Å². The van der Waals surface area contributed by atoms with Gasteiger partial charge in [-0.3, -0.25) is 4.79 Å². The van der Waals surface area contributed by atoms with E-state index in [4.69, 9.17) is 26.2 Å². The van der Waals surface area contributed by atoms with Crippen LogP contribution in [0, 0.1) is 6.92 Å². The number of phenolic OH excluding ortho intramolecular Hbond substituents is 1. The van der Waals surface area contributed by atoms with Crippen LogP contribution in [0.1, 0.15) is 40.6 Å². The van der Waals surface area contributed by atoms with Gasteiger partial charge in [-0.25, -0.2) is 4.79 Å². The third kappa shape index (κ3) is 5.51. The molecular weight excluding hydrogens is 524 g/mol. The number of aromatic hydroxyl groups is 1. The van der Waals surface area contributed by atoms with Gasteiger partial charge in [-0.2, -0.15) is 16.7 Å². The number of carbonyl (C=O) groups is 2. The fraction of sp³-hybridized carbons (Fsp3) is 0.421. The molecule has 10 nitrogen and oxygen atoms in total. The van der Waals surface area contributed by atoms with Crippen molar-refractivity contribution in [3.05, 3.63) is 33.4 Å². The fourth-order valence-electron chi connectivity index (χ4n) is 2.90. The number of phenols is 1. The summed E-state index contributed by atoms with van der Waals surface area (Å²) >= 11 is 10.1. The van der Waals surface area contributed by atoms with Gasteiger partial charge in [0.2, 0.25) is 5.89 Å². The van der Waals surface area contributed by atoms with E-state index in [0.29, 0.717) is 32.5 Å². The van der Waals surface area contributed by atoms with Crippen molar-refractivity contribution in [2.45, 2.75) is 31.7 Å². The van der Waals surface area contributed by atoms with Crippen molar-refractivity contribution >= 4 is 56.8 Å². The maximum absolute atomic E-state index is 12.9. The summed E-state index contributed by atoms with van der Waals surface area (Å²) in [6.07, 6.45) is -1.09. The highest BCUT2D eigenvalue weighted by molar-refractivity contribution is 9.10. The molecule has 0 saturated heterocycles. The van der Waals surface area contributed by atoms with Gasteiger partial charge in [-0.1, -0.05) is 17.4 Å². The molecule has 2 aromatic rings. The molecule has 0 radical (unpaired) electrons. The van der Waals surface area contributed by atoms with Crippen molar-refractivity contribution in [1.82, 2.24) is 20.8 Å². The summed E-state index contributed by atoms with van der Waals surface area (Å²) < 4.78 is 16.2. The predicted molar refractivity (Wildman–Crippen MR) is 124 cm³/mol. The summed E-state index contributed by atoms with van der Waals surface area (Å²) in [5.74, 6) is 0.302. The largest absolute Gasteiger partial charge is 0.507 e. The summed E-state index contributed by atoms with van der Waals surface area (Å²) in [7, 11) is 1.41. The summed E-state index contributed by atoms with van der Waals surface area (Å²) in [5.41, 5.74) is 0.417. The molecule has 1 aromatic heterocycles. The molecule has 0 bridgehead atoms. The number of thioether (sulfide) groups is 1. The van der Waals surface area contributed by atoms with Gasteiger partial charge in [0.05, 0.1) is 28.7 Å². The van der Waals surface area contributed by atoms with Crippen LogP contribution in [0.15, 0.2) is 15.1 Å². The predicted octanol–water partition coefficient (Wildman–Crippen LogP) is 2.42. The molecule has 0 fully saturated rings. The Hall–Kier alpha value is -2.38. The summed E-state index contributed by atoms with van der Waals surface area (Å²) in [6, 6.07) is 0.965. The van der Waals surface area contributed by atoms with Gasteiger partial charge in [0.25, 0.3) is 5.91 Å². The lowest BCUT2D eigenvalue weighted by Gasteiger charge is -2.21. The molecular formula is C19H21BrN4O6S2. The molecule has 0 spiro atoms. The Kier molecular flexibility index (Phi) is 7.96. The van der Waals surface area contributed by atoms with Crippen LogP contribution in [0.4, 0.5) is 0 Å². The maximum atomic E-state index is 12.9. The van der Waals surface area contributed by atoms with Gasteiger partial charge < -0.3 is 29.7 Å². The minimum atomic E-state index is -1.09. The number of ether oxygens (including phenoxy) is 2. The number of halogens is 1. The minimum absolute atomic E-state index is 0.0409. The number of thiocarbonyl (C=S) groups is 1. The van der Waals surface area contributed by atoms with E-state index in [1.165, 1.54) is 31.9 Å². The number of esters is 1. The van der Waals surface area contributed by atoms with E-state index in [2.05, 4.69) is 36.7 Å². The van der Waals surface area contributed by atoms with Gasteiger partial charge >= 0.3 is 5.97 Å². The van der Waals surface area contributed by atoms with Crippen LogP contribution in [-0.4, -0.2) is 57.6 Å². The van der Waals surface area contributed by atoms with E-state index in [1.807, 2.05) is 0 Å². The third-order valence-corrected chi connectivity index (χ3v) is 6.63. The molecule has 172 valence electrons. The van der Waals surface area contributed by atoms with Crippen LogP contribution in [0.3, 0.4) is 0 Å². The van der Waals surface area contributed by atoms with Crippen LogP contribution in [0.25, 0.3) is 0 Å². The summed E-state index contributed by atoms with van der Waals surface area (Å²) in [6.45, 7) is 3.19. The van der Waals surface area contributed by atoms with Gasteiger partial charge in [-0.15, -0.1) is 0 Å². The van der Waals surface area contributed by atoms with Gasteiger partial charge in [0.15, 0.2) is 11.9 Å². The Bertz CT molecular complexity index is 1050. The molecule has 3 N–H and O–H groups in total. The molecule has 3 rings (SSSR count). The van der Waals surface area contributed by atoms with Crippen LogP contribution < -0.4 is 15.4 Å². The lowest BCUT2D eigenvalue weighted by Crippen LogP contribution is -2.42. The van der Waals surface area contributed by atoms with Crippen LogP contribution in [0.5, 0.6) is 11.5 Å². The first-order valence-electron chi connectivity index (χ1n) is 9.45. The topological polar surface area (TPSA) is 136 Å². The quantitative estimate of drug-likeness (QED) is 0.379. The highest BCUT2D eigenvalue weighted by atomic mass is 79.9. The second-order valence-corrected chi connectivity index (χ2v) is 9.16. The first-order chi connectivity index (χ1) is 15.2. The first kappa shape index (κ1) is 24.3. The van der Waals surface area contributed by atoms with E-state index in [0.717, 1.165) is 0 Å². The third-order valence-electron chi connectivity index (χ3n) is 4.52. The number of methoxy groups -OCH3 is 1. The molecule has 1 aromatic carbocycles. The lowest BCUT2D eigenvalue weighted by atomic mass is 10.1. The van der Waals surface area contributed by atoms with E-state index in [-0.39, 0.29) is 29.4 Å². The van der Waals surface area contributed by atoms with Crippen molar-refractivity contribution in [2.24, 2.45) is 0 Å². The number of aromatic nitrogens is 2. The number of fused-ring (bicyclic) bond motifs is 1. The molecule has 2 atom stereocenters. The number of nitrogens with zero attached hydrogens (tertiary/aromatic N) is 2. The van der Waals surface area contributed by atoms with E-state index < -0.39 is 24.0 Å². The first-order valence-corrected chi connectivity index (χ1v) is 11.8. The lowest BCUT2D eigenvalue weighted by molar-refractivity contribution is -0.128. The van der Waals surface area contributed by atoms with E-state index in [1.54, 1.807) is 6.92 Å². The van der Waals surface area contributed by atoms with Gasteiger partial charge in [0, 0.05) is 23.1 Å². The molecule has 13 heteroatoms. The number of rotatable bonds is 2. The Balaban J connectivity index is 1.99. The van der Waals surface area contributed by atoms with Crippen molar-refractivity contribution in [1.29, 1.82) is 0 Å². The Morgan fingerprint density at radius 1 is 1.41 bits per heavy atom. The SMILES string of the molecule is COc1cc(O)c2c(c1Br)C(=O)O[C@H](C)C(=O)NCC(=S)N[C@H](c1nc(C)no1)CSC2. The fourth-order valence-corrected chi connectivity index (χ4v) is 4.87. The number of hydrogen-bond donors (Lipinski definition) is 3. The van der Waals surface area contributed by atoms with Crippen LogP contribution in [-0.2, 0) is 15.3 Å². The van der Waals surface area contributed by atoms with Crippen molar-refractivity contribution < 1.29 is 28.7 Å². The zero-order valence-corrected chi connectivity index (χ0v) is 20.6. The molecule has 1 amide bonds. The monoisotopic (exact) mass is 544 g/mol. The highest BCUT2D eigenvalue weighted by Gasteiger charge is 2.28. The number of amides is 1. The molecule has 0 unspecified atom stereocenters. The number of cyclic esters (lactones) is 1. The van der Waals surface area contributed by atoms with Crippen LogP contribution in [0.2, 0.25) is 0 Å². The average Bonchev–Trinajstić information content (AvgIpc) is 3.18. The Labute approximate surface area is 201 Å². The molecule has 1 aliphatic rings. The average molecular weight is 545 g/mol. The smallest absolute Gasteiger partial charge is 0.340 e. The van der Waals surface area contributed by atoms with Crippen LogP contribution >= 0.6 is 39.9 Å². The number of carbonyl (C=O) groups excluding carboxylic acids is 2. The highest BCUT2D eigenvalue weighted by Crippen LogP contribution is 2.39. The molecule has 32 heavy (non-hydrogen) atoms. The van der Waals surface area contributed by atoms with Crippen molar-refractivity contribution in [2.75, 3.05) is 19.4 Å². The van der Waals surface area contributed by atoms with Crippen molar-refractivity contribution in [3.8, 4) is 11.5 Å². The van der Waals surface area contributed by atoms with E-state index in [9.17, 15) is 14.7 Å². The zero-order valence-electron chi connectivity index (χ0n) is 17.4. The van der Waals surface area contributed by atoms with Gasteiger partial charge in [-0.05, 0) is 29.8 Å². The number of aryl methyl sites for hydroxylation is 1. The Morgan fingerprint density at radius 3 is 2.81 bits per heavy atom. The molecule has 0 aliphatic carbocycles. The number of benzene rings is 1. The normalized spacial score (nSPS) is 20.4. The second-order valence-electron chi connectivity index (χ2n) is 6.85. The zero-order chi connectivity index (χ0) is 23.4. The molecule has 1 aliphatic heterocycles. The van der Waals surface area contributed by atoms with Crippen molar-refractivity contribution in [3.63, 3.8) is 0 Å². The van der Waals surface area contributed by atoms with E-state index >= 15 is 0 Å². The minimum Gasteiger partial charge on any atom is -0.507 e. The molecule has 0 saturated carbocycles. The number of hydrogen-bond acceptors (Lipinski definition) is 10. The standard InChI is InChI=1S/C19H21BrN4O6S2/c1-8-17(26)21-5-14(31)23-11(18-22-9(2)24-30-18)7-32-6-10-12(25)4-13(28-3)16(20)15(10)19(27)29-8/h4,8,11,25H,5-7H2,1-3H3,(H,21,26)(H,23,31)/t8-,11+/m1/s1. The second kappa shape index (κ2) is 10.5.